The van der Waals surface area contributed by atoms with Crippen molar-refractivity contribution in [1.29, 1.82) is 0 Å². The number of para-hydroxylation sites is 1. The summed E-state index contributed by atoms with van der Waals surface area (Å²) in [5, 5.41) is 7.89. The van der Waals surface area contributed by atoms with Crippen LogP contribution in [0.15, 0.2) is 73.2 Å². The van der Waals surface area contributed by atoms with E-state index in [4.69, 9.17) is 4.74 Å². The zero-order valence-corrected chi connectivity index (χ0v) is 16.6. The first-order valence-electron chi connectivity index (χ1n) is 10.3. The van der Waals surface area contributed by atoms with Crippen molar-refractivity contribution in [2.75, 3.05) is 18.4 Å². The van der Waals surface area contributed by atoms with Crippen LogP contribution in [-0.2, 0) is 0 Å². The zero-order valence-electron chi connectivity index (χ0n) is 16.6. The molecule has 0 saturated carbocycles. The Morgan fingerprint density at radius 1 is 0.967 bits per heavy atom. The van der Waals surface area contributed by atoms with Gasteiger partial charge < -0.3 is 15.4 Å². The molecule has 150 valence electrons. The molecular weight excluding hydrogens is 374 g/mol. The number of piperidine rings is 1. The summed E-state index contributed by atoms with van der Waals surface area (Å²) >= 11 is 0. The van der Waals surface area contributed by atoms with Gasteiger partial charge in [0.25, 0.3) is 0 Å². The second kappa shape index (κ2) is 8.47. The highest BCUT2D eigenvalue weighted by atomic mass is 16.5. The van der Waals surface area contributed by atoms with Crippen LogP contribution in [0.5, 0.6) is 11.6 Å². The molecule has 1 atom stereocenters. The number of pyridine rings is 1. The van der Waals surface area contributed by atoms with Gasteiger partial charge in [-0.2, -0.15) is 0 Å². The Kier molecular flexibility index (Phi) is 5.23. The van der Waals surface area contributed by atoms with Crippen molar-refractivity contribution in [3.8, 4) is 11.6 Å². The molecule has 6 nitrogen and oxygen atoms in total. The minimum absolute atomic E-state index is 0.535. The van der Waals surface area contributed by atoms with Crippen LogP contribution in [0.3, 0.4) is 0 Å². The maximum absolute atomic E-state index is 5.77. The molecule has 0 aliphatic carbocycles. The summed E-state index contributed by atoms with van der Waals surface area (Å²) in [6.07, 6.45) is 5.76. The number of benzene rings is 2. The molecule has 1 aliphatic rings. The molecule has 0 spiro atoms. The second-order valence-corrected chi connectivity index (χ2v) is 7.47. The highest BCUT2D eigenvalue weighted by molar-refractivity contribution is 5.91. The van der Waals surface area contributed by atoms with E-state index in [2.05, 4.69) is 43.8 Å². The Hall–Kier alpha value is -3.51. The van der Waals surface area contributed by atoms with Crippen LogP contribution >= 0.6 is 0 Å². The molecule has 2 aromatic carbocycles. The van der Waals surface area contributed by atoms with Gasteiger partial charge in [-0.15, -0.1) is 0 Å². The van der Waals surface area contributed by atoms with Crippen molar-refractivity contribution in [1.82, 2.24) is 20.3 Å². The van der Waals surface area contributed by atoms with Gasteiger partial charge in [0.1, 0.15) is 17.9 Å². The Balaban J connectivity index is 1.37. The van der Waals surface area contributed by atoms with Gasteiger partial charge in [-0.05, 0) is 61.2 Å². The minimum Gasteiger partial charge on any atom is -0.439 e. The quantitative estimate of drug-likeness (QED) is 0.492. The molecule has 30 heavy (non-hydrogen) atoms. The van der Waals surface area contributed by atoms with E-state index in [-0.39, 0.29) is 0 Å². The molecule has 2 aromatic heterocycles. The molecular formula is C24H23N5O. The fourth-order valence-electron chi connectivity index (χ4n) is 3.82. The molecule has 0 amide bonds. The van der Waals surface area contributed by atoms with Gasteiger partial charge in [0.05, 0.1) is 17.4 Å². The number of aromatic nitrogens is 3. The third-order valence-electron chi connectivity index (χ3n) is 5.39. The van der Waals surface area contributed by atoms with E-state index in [0.717, 1.165) is 41.2 Å². The summed E-state index contributed by atoms with van der Waals surface area (Å²) in [5.74, 6) is 2.63. The SMILES string of the molecule is c1ccc(Oc2ccc(Nc3ncnc4ccc([C@H]5CCCNC5)cc34)cn2)cc1. The number of hydrogen-bond acceptors (Lipinski definition) is 6. The summed E-state index contributed by atoms with van der Waals surface area (Å²) in [6, 6.07) is 19.9. The molecule has 6 heteroatoms. The summed E-state index contributed by atoms with van der Waals surface area (Å²) in [7, 11) is 0. The fourth-order valence-corrected chi connectivity index (χ4v) is 3.82. The molecule has 2 N–H and O–H groups in total. The van der Waals surface area contributed by atoms with Crippen LogP contribution in [0, 0.1) is 0 Å². The van der Waals surface area contributed by atoms with Crippen molar-refractivity contribution in [3.63, 3.8) is 0 Å². The van der Waals surface area contributed by atoms with E-state index >= 15 is 0 Å². The number of anilines is 2. The van der Waals surface area contributed by atoms with Gasteiger partial charge in [0.2, 0.25) is 5.88 Å². The number of hydrogen-bond donors (Lipinski definition) is 2. The number of nitrogens with one attached hydrogen (secondary N) is 2. The Morgan fingerprint density at radius 2 is 1.90 bits per heavy atom. The topological polar surface area (TPSA) is 72.0 Å². The van der Waals surface area contributed by atoms with E-state index in [9.17, 15) is 0 Å². The highest BCUT2D eigenvalue weighted by Gasteiger charge is 2.16. The molecule has 1 saturated heterocycles. The van der Waals surface area contributed by atoms with Gasteiger partial charge in [-0.3, -0.25) is 0 Å². The van der Waals surface area contributed by atoms with E-state index in [1.165, 1.54) is 18.4 Å². The van der Waals surface area contributed by atoms with E-state index in [1.54, 1.807) is 12.5 Å². The van der Waals surface area contributed by atoms with Crippen molar-refractivity contribution in [3.05, 3.63) is 78.8 Å². The lowest BCUT2D eigenvalue weighted by Crippen LogP contribution is -2.28. The van der Waals surface area contributed by atoms with E-state index < -0.39 is 0 Å². The smallest absolute Gasteiger partial charge is 0.219 e. The summed E-state index contributed by atoms with van der Waals surface area (Å²) in [4.78, 5) is 13.3. The van der Waals surface area contributed by atoms with Crippen molar-refractivity contribution < 1.29 is 4.74 Å². The monoisotopic (exact) mass is 397 g/mol. The van der Waals surface area contributed by atoms with Crippen LogP contribution in [0.4, 0.5) is 11.5 Å². The van der Waals surface area contributed by atoms with Gasteiger partial charge in [0, 0.05) is 18.0 Å². The third kappa shape index (κ3) is 4.09. The summed E-state index contributed by atoms with van der Waals surface area (Å²) in [5.41, 5.74) is 3.11. The van der Waals surface area contributed by atoms with Gasteiger partial charge in [0.15, 0.2) is 0 Å². The molecule has 1 aliphatic heterocycles. The lowest BCUT2D eigenvalue weighted by atomic mass is 9.91. The zero-order chi connectivity index (χ0) is 20.2. The predicted molar refractivity (Wildman–Crippen MR) is 118 cm³/mol. The van der Waals surface area contributed by atoms with Crippen molar-refractivity contribution >= 4 is 22.4 Å². The molecule has 3 heterocycles. The molecule has 0 bridgehead atoms. The van der Waals surface area contributed by atoms with Crippen LogP contribution < -0.4 is 15.4 Å². The van der Waals surface area contributed by atoms with Crippen LogP contribution in [0.2, 0.25) is 0 Å². The van der Waals surface area contributed by atoms with Gasteiger partial charge in [-0.1, -0.05) is 24.3 Å². The number of ether oxygens (including phenoxy) is 1. The second-order valence-electron chi connectivity index (χ2n) is 7.47. The lowest BCUT2D eigenvalue weighted by Gasteiger charge is -2.23. The number of nitrogens with zero attached hydrogens (tertiary/aromatic N) is 3. The first-order valence-corrected chi connectivity index (χ1v) is 10.3. The number of rotatable bonds is 5. The van der Waals surface area contributed by atoms with Crippen molar-refractivity contribution in [2.45, 2.75) is 18.8 Å². The standard InChI is InChI=1S/C24H23N5O/c1-2-6-20(7-3-1)30-23-11-9-19(15-26-23)29-24-21-13-17(18-5-4-12-25-14-18)8-10-22(21)27-16-28-24/h1-3,6-11,13,15-16,18,25H,4-5,12,14H2,(H,27,28,29)/t18-/m0/s1. The normalized spacial score (nSPS) is 16.3. The average Bonchev–Trinajstić information content (AvgIpc) is 2.82. The Bertz CT molecular complexity index is 1130. The van der Waals surface area contributed by atoms with Crippen LogP contribution in [-0.4, -0.2) is 28.0 Å². The molecule has 0 unspecified atom stereocenters. The molecule has 4 aromatic rings. The van der Waals surface area contributed by atoms with E-state index in [0.29, 0.717) is 11.8 Å². The summed E-state index contributed by atoms with van der Waals surface area (Å²) in [6.45, 7) is 2.13. The fraction of sp³-hybridized carbons (Fsp3) is 0.208. The Morgan fingerprint density at radius 3 is 2.70 bits per heavy atom. The van der Waals surface area contributed by atoms with Crippen LogP contribution in [0.25, 0.3) is 10.9 Å². The summed E-state index contributed by atoms with van der Waals surface area (Å²) < 4.78 is 5.77. The van der Waals surface area contributed by atoms with Crippen molar-refractivity contribution in [2.24, 2.45) is 0 Å². The largest absolute Gasteiger partial charge is 0.439 e. The Labute approximate surface area is 175 Å². The van der Waals surface area contributed by atoms with Gasteiger partial charge in [-0.25, -0.2) is 15.0 Å². The maximum atomic E-state index is 5.77. The lowest BCUT2D eigenvalue weighted by molar-refractivity contribution is 0.462. The molecule has 1 fully saturated rings. The first kappa shape index (κ1) is 18.5. The molecule has 5 rings (SSSR count). The minimum atomic E-state index is 0.535. The molecule has 0 radical (unpaired) electrons. The third-order valence-corrected chi connectivity index (χ3v) is 5.39. The van der Waals surface area contributed by atoms with Gasteiger partial charge >= 0.3 is 0 Å². The first-order chi connectivity index (χ1) is 14.8. The number of fused-ring (bicyclic) bond motifs is 1. The average molecular weight is 397 g/mol. The van der Waals surface area contributed by atoms with Crippen LogP contribution in [0.1, 0.15) is 24.3 Å². The maximum Gasteiger partial charge on any atom is 0.219 e. The van der Waals surface area contributed by atoms with E-state index in [1.807, 2.05) is 42.5 Å². The highest BCUT2D eigenvalue weighted by Crippen LogP contribution is 2.30. The predicted octanol–water partition coefficient (Wildman–Crippen LogP) is 5.03.